The molecule has 1 unspecified atom stereocenters. The number of nitrogens with zero attached hydrogens (tertiary/aromatic N) is 1. The van der Waals surface area contributed by atoms with Gasteiger partial charge in [0.05, 0.1) is 0 Å². The summed E-state index contributed by atoms with van der Waals surface area (Å²) in [6.45, 7) is 16.5. The first kappa shape index (κ1) is 25.4. The molecule has 158 valence electrons. The molecule has 0 saturated carbocycles. The molecule has 1 aromatic heterocycles. The van der Waals surface area contributed by atoms with E-state index < -0.39 is 0 Å². The molecule has 0 radical (unpaired) electrons. The lowest BCUT2D eigenvalue weighted by Gasteiger charge is -2.38. The number of rotatable bonds is 7. The normalized spacial score (nSPS) is 13.1. The molecule has 2 atom stereocenters. The van der Waals surface area contributed by atoms with Crippen LogP contribution in [0.3, 0.4) is 0 Å². The summed E-state index contributed by atoms with van der Waals surface area (Å²) in [6, 6.07) is 10.4. The van der Waals surface area contributed by atoms with E-state index in [9.17, 15) is 0 Å². The SMILES string of the molecule is C#CCC(C=C)[C@@](C)(c1cc(-c2cccc(C#C)c2)cs1)C(C)C.C=C(C)N(C)C. The molecular formula is C28H35NS. The van der Waals surface area contributed by atoms with Crippen molar-refractivity contribution >= 4 is 11.3 Å². The minimum Gasteiger partial charge on any atom is -0.382 e. The molecule has 0 aliphatic carbocycles. The number of benzene rings is 1. The van der Waals surface area contributed by atoms with Crippen molar-refractivity contribution in [1.29, 1.82) is 0 Å². The van der Waals surface area contributed by atoms with E-state index in [0.717, 1.165) is 16.8 Å². The van der Waals surface area contributed by atoms with Crippen LogP contribution in [0.1, 0.15) is 44.6 Å². The van der Waals surface area contributed by atoms with Crippen LogP contribution in [0.25, 0.3) is 11.1 Å². The largest absolute Gasteiger partial charge is 0.382 e. The summed E-state index contributed by atoms with van der Waals surface area (Å²) in [5, 5.41) is 2.21. The van der Waals surface area contributed by atoms with Crippen molar-refractivity contribution in [3.05, 3.63) is 71.1 Å². The monoisotopic (exact) mass is 417 g/mol. The molecule has 2 rings (SSSR count). The maximum Gasteiger partial charge on any atom is 0.0248 e. The van der Waals surface area contributed by atoms with Crippen LogP contribution in [0.2, 0.25) is 0 Å². The Bertz CT molecular complexity index is 932. The average molecular weight is 418 g/mol. The van der Waals surface area contributed by atoms with Crippen LogP contribution >= 0.6 is 11.3 Å². The first-order chi connectivity index (χ1) is 14.1. The minimum absolute atomic E-state index is 0.0270. The quantitative estimate of drug-likeness (QED) is 0.339. The summed E-state index contributed by atoms with van der Waals surface area (Å²) in [5.74, 6) is 6.23. The molecule has 0 N–H and O–H groups in total. The second-order valence-electron chi connectivity index (χ2n) is 8.24. The molecule has 0 saturated heterocycles. The van der Waals surface area contributed by atoms with Gasteiger partial charge in [-0.05, 0) is 53.5 Å². The maximum atomic E-state index is 5.59. The summed E-state index contributed by atoms with van der Waals surface area (Å²) >= 11 is 1.79. The molecule has 0 bridgehead atoms. The summed E-state index contributed by atoms with van der Waals surface area (Å²) in [6.07, 6.45) is 13.8. The van der Waals surface area contributed by atoms with Crippen LogP contribution in [0.15, 0.2) is 60.6 Å². The minimum atomic E-state index is -0.0270. The van der Waals surface area contributed by atoms with Gasteiger partial charge in [0, 0.05) is 42.1 Å². The van der Waals surface area contributed by atoms with Gasteiger partial charge in [-0.25, -0.2) is 0 Å². The molecule has 1 aromatic carbocycles. The molecule has 0 spiro atoms. The summed E-state index contributed by atoms with van der Waals surface area (Å²) in [4.78, 5) is 3.32. The van der Waals surface area contributed by atoms with Gasteiger partial charge in [-0.3, -0.25) is 0 Å². The highest BCUT2D eigenvalue weighted by Gasteiger charge is 2.38. The van der Waals surface area contributed by atoms with E-state index in [4.69, 9.17) is 12.8 Å². The summed E-state index contributed by atoms with van der Waals surface area (Å²) in [7, 11) is 3.95. The highest BCUT2D eigenvalue weighted by molar-refractivity contribution is 7.10. The van der Waals surface area contributed by atoms with Gasteiger partial charge in [0.1, 0.15) is 0 Å². The topological polar surface area (TPSA) is 3.24 Å². The zero-order chi connectivity index (χ0) is 22.9. The van der Waals surface area contributed by atoms with Crippen LogP contribution in [0.5, 0.6) is 0 Å². The lowest BCUT2D eigenvalue weighted by molar-refractivity contribution is 0.261. The van der Waals surface area contributed by atoms with Crippen LogP contribution < -0.4 is 0 Å². The Kier molecular flexibility index (Phi) is 9.71. The van der Waals surface area contributed by atoms with Crippen molar-refractivity contribution in [2.24, 2.45) is 11.8 Å². The second kappa shape index (κ2) is 11.5. The van der Waals surface area contributed by atoms with E-state index in [2.05, 4.69) is 69.3 Å². The number of hydrogen-bond donors (Lipinski definition) is 0. The number of thiophene rings is 1. The van der Waals surface area contributed by atoms with Gasteiger partial charge in [-0.1, -0.05) is 51.5 Å². The van der Waals surface area contributed by atoms with Crippen molar-refractivity contribution in [2.45, 2.75) is 39.5 Å². The van der Waals surface area contributed by atoms with E-state index in [0.29, 0.717) is 12.3 Å². The fourth-order valence-corrected chi connectivity index (χ4v) is 4.42. The lowest BCUT2D eigenvalue weighted by Crippen LogP contribution is -2.35. The van der Waals surface area contributed by atoms with Gasteiger partial charge in [0.2, 0.25) is 0 Å². The van der Waals surface area contributed by atoms with Gasteiger partial charge < -0.3 is 4.90 Å². The smallest absolute Gasteiger partial charge is 0.0248 e. The predicted octanol–water partition coefficient (Wildman–Crippen LogP) is 7.22. The summed E-state index contributed by atoms with van der Waals surface area (Å²) in [5.41, 5.74) is 4.34. The molecule has 2 heteroatoms. The molecule has 0 amide bonds. The Labute approximate surface area is 188 Å². The Morgan fingerprint density at radius 3 is 2.33 bits per heavy atom. The number of terminal acetylenes is 2. The van der Waals surface area contributed by atoms with Crippen LogP contribution in [-0.2, 0) is 5.41 Å². The Balaban J connectivity index is 0.000000656. The third kappa shape index (κ3) is 6.16. The predicted molar refractivity (Wildman–Crippen MR) is 136 cm³/mol. The van der Waals surface area contributed by atoms with E-state index in [1.807, 2.05) is 44.1 Å². The first-order valence-corrected chi connectivity index (χ1v) is 11.0. The van der Waals surface area contributed by atoms with Crippen LogP contribution in [0, 0.1) is 36.5 Å². The van der Waals surface area contributed by atoms with Gasteiger partial charge in [0.25, 0.3) is 0 Å². The van der Waals surface area contributed by atoms with Gasteiger partial charge >= 0.3 is 0 Å². The third-order valence-corrected chi connectivity index (χ3v) is 7.03. The first-order valence-electron chi connectivity index (χ1n) is 10.2. The second-order valence-corrected chi connectivity index (χ2v) is 9.15. The van der Waals surface area contributed by atoms with Crippen molar-refractivity contribution in [2.75, 3.05) is 14.1 Å². The Morgan fingerprint density at radius 2 is 1.87 bits per heavy atom. The van der Waals surface area contributed by atoms with E-state index in [1.54, 1.807) is 11.3 Å². The Morgan fingerprint density at radius 1 is 1.23 bits per heavy atom. The molecular weight excluding hydrogens is 382 g/mol. The number of allylic oxidation sites excluding steroid dienone is 2. The molecule has 30 heavy (non-hydrogen) atoms. The molecule has 2 aromatic rings. The highest BCUT2D eigenvalue weighted by Crippen LogP contribution is 2.45. The van der Waals surface area contributed by atoms with Crippen molar-refractivity contribution < 1.29 is 0 Å². The van der Waals surface area contributed by atoms with Crippen LogP contribution in [0.4, 0.5) is 0 Å². The van der Waals surface area contributed by atoms with Crippen LogP contribution in [-0.4, -0.2) is 19.0 Å². The molecule has 1 heterocycles. The van der Waals surface area contributed by atoms with Crippen molar-refractivity contribution in [3.8, 4) is 35.8 Å². The van der Waals surface area contributed by atoms with Gasteiger partial charge in [-0.2, -0.15) is 0 Å². The fraction of sp³-hybridized carbons (Fsp3) is 0.357. The molecule has 0 aliphatic rings. The molecule has 0 aliphatic heterocycles. The zero-order valence-corrected chi connectivity index (χ0v) is 20.1. The zero-order valence-electron chi connectivity index (χ0n) is 19.3. The molecule has 1 nitrogen and oxygen atoms in total. The number of hydrogen-bond acceptors (Lipinski definition) is 2. The Hall–Kier alpha value is -2.68. The van der Waals surface area contributed by atoms with E-state index >= 15 is 0 Å². The highest BCUT2D eigenvalue weighted by atomic mass is 32.1. The molecule has 0 fully saturated rings. The average Bonchev–Trinajstić information content (AvgIpc) is 3.22. The maximum absolute atomic E-state index is 5.59. The van der Waals surface area contributed by atoms with E-state index in [-0.39, 0.29) is 11.3 Å². The fourth-order valence-electron chi connectivity index (χ4n) is 3.12. The van der Waals surface area contributed by atoms with Gasteiger partial charge in [0.15, 0.2) is 0 Å². The third-order valence-electron chi connectivity index (χ3n) is 5.85. The summed E-state index contributed by atoms with van der Waals surface area (Å²) < 4.78 is 0. The van der Waals surface area contributed by atoms with E-state index in [1.165, 1.54) is 10.4 Å². The standard InChI is InChI=1S/C23H24S.C5H11N/c1-7-11-21(9-3)23(6,17(4)5)22-15-20(16-24-22)19-13-10-12-18(8-2)14-19;1-5(2)6(3)4/h1-2,9-10,12-17,21H,3,11H2,4-6H3;1H2,2-4H3/t21?,23-;/m0./s1. The van der Waals surface area contributed by atoms with Crippen molar-refractivity contribution in [1.82, 2.24) is 4.90 Å². The van der Waals surface area contributed by atoms with Gasteiger partial charge in [-0.15, -0.1) is 36.7 Å². The van der Waals surface area contributed by atoms with Crippen molar-refractivity contribution in [3.63, 3.8) is 0 Å². The lowest BCUT2D eigenvalue weighted by atomic mass is 9.67.